The molecule has 0 spiro atoms. The molecule has 6 nitrogen and oxygen atoms in total. The molecule has 2 amide bonds. The monoisotopic (exact) mass is 395 g/mol. The number of piperazine rings is 1. The molecule has 2 aliphatic rings. The van der Waals surface area contributed by atoms with Crippen LogP contribution in [-0.4, -0.2) is 67.0 Å². The Morgan fingerprint density at radius 1 is 1.15 bits per heavy atom. The topological polar surface area (TPSA) is 61.9 Å². The molecule has 27 heavy (non-hydrogen) atoms. The number of likely N-dealkylation sites (tertiary alicyclic amines) is 1. The molecular formula is C20H30ClN3O3. The van der Waals surface area contributed by atoms with Crippen molar-refractivity contribution >= 4 is 24.2 Å². The zero-order valence-electron chi connectivity index (χ0n) is 15.9. The Hall–Kier alpha value is -1.79. The van der Waals surface area contributed by atoms with Crippen LogP contribution in [0.5, 0.6) is 5.75 Å². The average molecular weight is 396 g/mol. The molecule has 1 unspecified atom stereocenters. The predicted octanol–water partition coefficient (Wildman–Crippen LogP) is 1.94. The molecule has 0 radical (unpaired) electrons. The Bertz CT molecular complexity index is 606. The van der Waals surface area contributed by atoms with Gasteiger partial charge in [-0.2, -0.15) is 0 Å². The van der Waals surface area contributed by atoms with E-state index in [9.17, 15) is 9.59 Å². The number of halogens is 1. The molecule has 1 aromatic carbocycles. The summed E-state index contributed by atoms with van der Waals surface area (Å²) < 4.78 is 5.60. The van der Waals surface area contributed by atoms with E-state index < -0.39 is 0 Å². The van der Waals surface area contributed by atoms with E-state index in [1.54, 1.807) is 0 Å². The van der Waals surface area contributed by atoms with E-state index in [1.165, 1.54) is 0 Å². The molecule has 0 aliphatic carbocycles. The van der Waals surface area contributed by atoms with E-state index in [1.807, 2.05) is 40.1 Å². The summed E-state index contributed by atoms with van der Waals surface area (Å²) in [4.78, 5) is 29.0. The highest BCUT2D eigenvalue weighted by Crippen LogP contribution is 2.22. The first kappa shape index (κ1) is 21.5. The van der Waals surface area contributed by atoms with Gasteiger partial charge in [0.25, 0.3) is 0 Å². The second-order valence-electron chi connectivity index (χ2n) is 7.15. The van der Waals surface area contributed by atoms with Crippen molar-refractivity contribution in [1.29, 1.82) is 0 Å². The van der Waals surface area contributed by atoms with Gasteiger partial charge in [-0.15, -0.1) is 12.4 Å². The largest absolute Gasteiger partial charge is 0.493 e. The summed E-state index contributed by atoms with van der Waals surface area (Å²) >= 11 is 0. The van der Waals surface area contributed by atoms with Gasteiger partial charge in [0.15, 0.2) is 0 Å². The summed E-state index contributed by atoms with van der Waals surface area (Å²) in [6.07, 6.45) is 1.91. The highest BCUT2D eigenvalue weighted by atomic mass is 35.5. The summed E-state index contributed by atoms with van der Waals surface area (Å²) in [6.45, 7) is 6.34. The van der Waals surface area contributed by atoms with Crippen molar-refractivity contribution < 1.29 is 14.3 Å². The van der Waals surface area contributed by atoms with E-state index in [-0.39, 0.29) is 36.2 Å². The van der Waals surface area contributed by atoms with E-state index in [4.69, 9.17) is 4.74 Å². The quantitative estimate of drug-likeness (QED) is 0.827. The fourth-order valence-electron chi connectivity index (χ4n) is 3.71. The Morgan fingerprint density at radius 3 is 2.52 bits per heavy atom. The second-order valence-corrected chi connectivity index (χ2v) is 7.15. The van der Waals surface area contributed by atoms with E-state index in [0.29, 0.717) is 26.1 Å². The Morgan fingerprint density at radius 2 is 1.85 bits per heavy atom. The number of carbonyl (C=O) groups excluding carboxylic acids is 2. The Kier molecular flexibility index (Phi) is 8.38. The number of benzene rings is 1. The number of amides is 2. The number of hydrogen-bond acceptors (Lipinski definition) is 4. The maximum absolute atomic E-state index is 12.7. The van der Waals surface area contributed by atoms with Crippen LogP contribution in [-0.2, 0) is 9.59 Å². The number of ether oxygens (including phenoxy) is 1. The van der Waals surface area contributed by atoms with Gasteiger partial charge < -0.3 is 19.9 Å². The molecule has 1 N–H and O–H groups in total. The molecule has 0 saturated carbocycles. The molecule has 1 aromatic rings. The van der Waals surface area contributed by atoms with E-state index in [0.717, 1.165) is 38.2 Å². The number of carbonyl (C=O) groups is 2. The first-order chi connectivity index (χ1) is 12.6. The van der Waals surface area contributed by atoms with E-state index >= 15 is 0 Å². The molecule has 2 heterocycles. The van der Waals surface area contributed by atoms with Crippen LogP contribution >= 0.6 is 12.4 Å². The van der Waals surface area contributed by atoms with Gasteiger partial charge >= 0.3 is 0 Å². The molecule has 0 aromatic heterocycles. The van der Waals surface area contributed by atoms with Gasteiger partial charge in [0.1, 0.15) is 5.75 Å². The van der Waals surface area contributed by atoms with Gasteiger partial charge in [0.2, 0.25) is 11.8 Å². The van der Waals surface area contributed by atoms with Crippen molar-refractivity contribution in [2.75, 3.05) is 39.3 Å². The number of para-hydroxylation sites is 1. The lowest BCUT2D eigenvalue weighted by molar-refractivity contribution is -0.143. The summed E-state index contributed by atoms with van der Waals surface area (Å²) in [5.41, 5.74) is 0. The van der Waals surface area contributed by atoms with Crippen molar-refractivity contribution in [3.63, 3.8) is 0 Å². The molecule has 3 rings (SSSR count). The number of nitrogens with zero attached hydrogens (tertiary/aromatic N) is 2. The van der Waals surface area contributed by atoms with Crippen molar-refractivity contribution in [2.45, 2.75) is 32.2 Å². The maximum atomic E-state index is 12.7. The van der Waals surface area contributed by atoms with Crippen molar-refractivity contribution in [3.8, 4) is 5.75 Å². The summed E-state index contributed by atoms with van der Waals surface area (Å²) in [6, 6.07) is 9.80. The molecule has 0 bridgehead atoms. The van der Waals surface area contributed by atoms with Gasteiger partial charge in [0, 0.05) is 44.7 Å². The smallest absolute Gasteiger partial charge is 0.226 e. The standard InChI is InChI=1S/C20H29N3O3.ClH/c1-16-15-21-10-13-23(16)20(25)17-7-11-22(12-8-17)19(24)9-14-26-18-5-3-2-4-6-18;/h2-6,16-17,21H,7-15H2,1H3;1H. The predicted molar refractivity (Wildman–Crippen MR) is 107 cm³/mol. The third-order valence-corrected chi connectivity index (χ3v) is 5.31. The van der Waals surface area contributed by atoms with Crippen LogP contribution in [0, 0.1) is 5.92 Å². The van der Waals surface area contributed by atoms with Gasteiger partial charge in [-0.25, -0.2) is 0 Å². The van der Waals surface area contributed by atoms with Crippen LogP contribution in [0.4, 0.5) is 0 Å². The Balaban J connectivity index is 0.00000261. The van der Waals surface area contributed by atoms with Crippen molar-refractivity contribution in [3.05, 3.63) is 30.3 Å². The Labute approximate surface area is 167 Å². The minimum atomic E-state index is 0. The summed E-state index contributed by atoms with van der Waals surface area (Å²) in [5, 5.41) is 3.32. The summed E-state index contributed by atoms with van der Waals surface area (Å²) in [5.74, 6) is 1.22. The van der Waals surface area contributed by atoms with Gasteiger partial charge in [0.05, 0.1) is 13.0 Å². The van der Waals surface area contributed by atoms with Crippen molar-refractivity contribution in [1.82, 2.24) is 15.1 Å². The number of rotatable bonds is 5. The minimum absolute atomic E-state index is 0. The lowest BCUT2D eigenvalue weighted by Gasteiger charge is -2.39. The first-order valence-electron chi connectivity index (χ1n) is 9.62. The maximum Gasteiger partial charge on any atom is 0.226 e. The third-order valence-electron chi connectivity index (χ3n) is 5.31. The number of hydrogen-bond donors (Lipinski definition) is 1. The molecular weight excluding hydrogens is 366 g/mol. The fraction of sp³-hybridized carbons (Fsp3) is 0.600. The van der Waals surface area contributed by atoms with Gasteiger partial charge in [-0.05, 0) is 31.9 Å². The normalized spacial score (nSPS) is 20.7. The lowest BCUT2D eigenvalue weighted by atomic mass is 9.94. The van der Waals surface area contributed by atoms with Gasteiger partial charge in [-0.1, -0.05) is 18.2 Å². The van der Waals surface area contributed by atoms with E-state index in [2.05, 4.69) is 12.2 Å². The summed E-state index contributed by atoms with van der Waals surface area (Å²) in [7, 11) is 0. The van der Waals surface area contributed by atoms with Crippen LogP contribution in [0.3, 0.4) is 0 Å². The molecule has 7 heteroatoms. The molecule has 2 aliphatic heterocycles. The van der Waals surface area contributed by atoms with Gasteiger partial charge in [-0.3, -0.25) is 9.59 Å². The molecule has 2 fully saturated rings. The molecule has 1 atom stereocenters. The van der Waals surface area contributed by atoms with Crippen LogP contribution in [0.1, 0.15) is 26.2 Å². The highest BCUT2D eigenvalue weighted by Gasteiger charge is 2.32. The second kappa shape index (κ2) is 10.5. The number of piperidine rings is 1. The lowest BCUT2D eigenvalue weighted by Crippen LogP contribution is -2.55. The fourth-order valence-corrected chi connectivity index (χ4v) is 3.71. The zero-order chi connectivity index (χ0) is 18.4. The highest BCUT2D eigenvalue weighted by molar-refractivity contribution is 5.85. The van der Waals surface area contributed by atoms with Crippen LogP contribution in [0.2, 0.25) is 0 Å². The van der Waals surface area contributed by atoms with Crippen LogP contribution in [0.15, 0.2) is 30.3 Å². The van der Waals surface area contributed by atoms with Crippen molar-refractivity contribution in [2.24, 2.45) is 5.92 Å². The molecule has 150 valence electrons. The van der Waals surface area contributed by atoms with Crippen LogP contribution in [0.25, 0.3) is 0 Å². The number of nitrogens with one attached hydrogen (secondary N) is 1. The minimum Gasteiger partial charge on any atom is -0.493 e. The first-order valence-corrected chi connectivity index (χ1v) is 9.62. The molecule has 2 saturated heterocycles. The van der Waals surface area contributed by atoms with Crippen LogP contribution < -0.4 is 10.1 Å². The average Bonchev–Trinajstić information content (AvgIpc) is 2.69. The SMILES string of the molecule is CC1CNCCN1C(=O)C1CCN(C(=O)CCOc2ccccc2)CC1.Cl. The zero-order valence-corrected chi connectivity index (χ0v) is 16.7. The third kappa shape index (κ3) is 5.84.